The Bertz CT molecular complexity index is 3740. The van der Waals surface area contributed by atoms with E-state index in [-0.39, 0.29) is 162 Å². The summed E-state index contributed by atoms with van der Waals surface area (Å²) in [6.45, 7) is 21.7. The molecule has 2 aromatic carbocycles. The molecule has 12 amide bonds. The number of urea groups is 1. The number of nitrogens with two attached hydrogens (primary N) is 1. The van der Waals surface area contributed by atoms with Gasteiger partial charge in [0.05, 0.1) is 39.0 Å². The number of allylic oxidation sites excluding steroid dienone is 2. The number of nitrogens with one attached hydrogen (secondary N) is 7. The van der Waals surface area contributed by atoms with Crippen molar-refractivity contribution in [2.24, 2.45) is 41.2 Å². The zero-order valence-corrected chi connectivity index (χ0v) is 72.3. The van der Waals surface area contributed by atoms with Gasteiger partial charge in [-0.15, -0.1) is 0 Å². The van der Waals surface area contributed by atoms with E-state index in [4.69, 9.17) is 41.0 Å². The highest BCUT2D eigenvalue weighted by atomic mass is 35.5. The van der Waals surface area contributed by atoms with Crippen LogP contribution in [-0.2, 0) is 99.0 Å². The minimum Gasteiger partial charge on any atom is -0.456 e. The number of alkyl carbamates (subject to hydrolysis) is 1. The molecular weight excluding hydrogens is 1540 g/mol. The smallest absolute Gasteiger partial charge is 0.407 e. The monoisotopic (exact) mass is 1670 g/mol. The number of imide groups is 1. The van der Waals surface area contributed by atoms with E-state index in [0.717, 1.165) is 10.5 Å². The normalized spacial score (nSPS) is 21.3. The molecule has 32 heteroatoms. The molecule has 2 unspecified atom stereocenters. The van der Waals surface area contributed by atoms with Gasteiger partial charge in [-0.2, -0.15) is 0 Å². The van der Waals surface area contributed by atoms with Crippen molar-refractivity contribution in [3.63, 3.8) is 0 Å². The number of hydrogen-bond donors (Lipinski definition) is 8. The second-order valence-electron chi connectivity index (χ2n) is 31.8. The standard InChI is InChI=1S/C86H130ClN11O20/c1-15-55(7)75-79(106)91-60(12)84(111)118-76(56(8)16-2)57(9)25-23-26-58(10)83(110)117-70(47-53(3)4)78(105)93-67(81(108)97(14)68(49-61-31-35-64(87)36-32-61)82(109)96(13)51-72(102)95-75)29-20-17-19-28-66(99)39-43-114-45-46-115-44-41-90-86(113)116-52-62-33-37-65(38-34-62)92-77(104)63(27-24-40-89-85(88)112)50-69(100)74(54(5)6)94-71(101)30-21-18-22-42-98-73(103)48-59(11)80(98)107/h16,26,31-38,53-55,57,59-60,63,67-68,70,74-76H,15,17-25,27-30,39-52H2,1-14H3,(H,90,113)(H,91,106)(H,92,104)(H,93,105)(H,94,101)(H,95,102)(H3,88,89,112)/b56-16+,58-26+/t55-,57+,59?,60-,63?,67+,68-,70-,74+,75+,76-/m1/s1. The van der Waals surface area contributed by atoms with Crippen molar-refractivity contribution in [1.82, 2.24) is 46.6 Å². The molecule has 4 rings (SSSR count). The predicted octanol–water partition coefficient (Wildman–Crippen LogP) is 8.83. The third-order valence-electron chi connectivity index (χ3n) is 21.0. The van der Waals surface area contributed by atoms with Crippen LogP contribution in [0.15, 0.2) is 71.8 Å². The molecule has 0 spiro atoms. The van der Waals surface area contributed by atoms with Gasteiger partial charge in [-0.05, 0) is 150 Å². The van der Waals surface area contributed by atoms with E-state index in [1.165, 1.54) is 30.8 Å². The zero-order chi connectivity index (χ0) is 87.7. The molecule has 656 valence electrons. The van der Waals surface area contributed by atoms with Crippen molar-refractivity contribution in [2.75, 3.05) is 72.0 Å². The largest absolute Gasteiger partial charge is 0.456 e. The lowest BCUT2D eigenvalue weighted by atomic mass is 9.89. The van der Waals surface area contributed by atoms with Gasteiger partial charge < -0.3 is 76.4 Å². The zero-order valence-electron chi connectivity index (χ0n) is 71.5. The first-order chi connectivity index (χ1) is 55.9. The number of halogens is 1. The Morgan fingerprint density at radius 1 is 0.737 bits per heavy atom. The fourth-order valence-electron chi connectivity index (χ4n) is 13.5. The van der Waals surface area contributed by atoms with E-state index >= 15 is 4.79 Å². The molecule has 0 aliphatic carbocycles. The Morgan fingerprint density at radius 2 is 1.40 bits per heavy atom. The van der Waals surface area contributed by atoms with Crippen molar-refractivity contribution < 1.29 is 95.6 Å². The van der Waals surface area contributed by atoms with Crippen molar-refractivity contribution in [1.29, 1.82) is 0 Å². The molecule has 2 aliphatic rings. The van der Waals surface area contributed by atoms with Gasteiger partial charge in [0, 0.05) is 100 Å². The Balaban J connectivity index is 1.30. The Hall–Kier alpha value is -9.62. The van der Waals surface area contributed by atoms with Gasteiger partial charge in [0.2, 0.25) is 47.3 Å². The maximum Gasteiger partial charge on any atom is 0.407 e. The molecular formula is C86H130ClN11O20. The summed E-state index contributed by atoms with van der Waals surface area (Å²) in [6.07, 6.45) is 5.95. The van der Waals surface area contributed by atoms with Crippen molar-refractivity contribution in [2.45, 2.75) is 254 Å². The minimum atomic E-state index is -1.34. The number of ketones is 2. The average molecular weight is 1670 g/mol. The molecule has 2 aromatic rings. The number of likely N-dealkylation sites (tertiary alicyclic amines) is 1. The van der Waals surface area contributed by atoms with Gasteiger partial charge in [-0.1, -0.05) is 129 Å². The first kappa shape index (κ1) is 101. The SMILES string of the molecule is C/C=C(\C)[C@H]1OC(=O)[C@@H](C)NC(=O)[C@H]([C@H](C)CC)NC(=O)CN(C)C(=O)[C@@H](Cc2ccc(Cl)cc2)N(C)C(=O)[C@H](CCCCCC(=O)CCOCCOCCNC(=O)OCc2ccc(NC(=O)C(CCCNC(N)=O)CC(=O)[C@@H](NC(=O)CCCCCN3C(=O)CC(C)C3=O)C(C)C)cc2)NC(=O)[C@@H](CC(C)C)OC(=O)/C(C)=C/CC[C@@H]1C. The number of cyclic esters (lactones) is 2. The van der Waals surface area contributed by atoms with Crippen LogP contribution in [-0.4, -0.2) is 213 Å². The lowest BCUT2D eigenvalue weighted by Gasteiger charge is -2.34. The highest BCUT2D eigenvalue weighted by Gasteiger charge is 2.39. The first-order valence-corrected chi connectivity index (χ1v) is 41.9. The van der Waals surface area contributed by atoms with Crippen LogP contribution in [0.25, 0.3) is 0 Å². The van der Waals surface area contributed by atoms with Gasteiger partial charge in [-0.3, -0.25) is 57.6 Å². The number of amides is 12. The molecule has 9 N–H and O–H groups in total. The molecule has 0 aromatic heterocycles. The maximum absolute atomic E-state index is 15.1. The molecule has 2 heterocycles. The Labute approximate surface area is 700 Å². The average Bonchev–Trinajstić information content (AvgIpc) is 0.994. The topological polar surface area (TPSA) is 422 Å². The number of carbonyl (C=O) groups excluding carboxylic acids is 15. The number of likely N-dealkylation sites (N-methyl/N-ethyl adjacent to an activating group) is 2. The number of nitrogens with zero attached hydrogens (tertiary/aromatic N) is 3. The third kappa shape index (κ3) is 36.3. The Morgan fingerprint density at radius 3 is 2.03 bits per heavy atom. The van der Waals surface area contributed by atoms with Crippen LogP contribution in [0.2, 0.25) is 5.02 Å². The van der Waals surface area contributed by atoms with Crippen LogP contribution in [0.5, 0.6) is 0 Å². The minimum absolute atomic E-state index is 0.0509. The number of primary amides is 1. The first-order valence-electron chi connectivity index (χ1n) is 41.5. The quantitative estimate of drug-likeness (QED) is 0.0101. The summed E-state index contributed by atoms with van der Waals surface area (Å²) < 4.78 is 28.6. The van der Waals surface area contributed by atoms with Gasteiger partial charge in [0.1, 0.15) is 42.7 Å². The molecule has 0 saturated carbocycles. The molecule has 1 saturated heterocycles. The van der Waals surface area contributed by atoms with Gasteiger partial charge in [-0.25, -0.2) is 19.2 Å². The number of unbranched alkanes of at least 4 members (excludes halogenated alkanes) is 4. The molecule has 118 heavy (non-hydrogen) atoms. The van der Waals surface area contributed by atoms with E-state index in [0.29, 0.717) is 92.6 Å². The summed E-state index contributed by atoms with van der Waals surface area (Å²) >= 11 is 6.27. The number of anilines is 1. The van der Waals surface area contributed by atoms with E-state index in [1.807, 2.05) is 47.6 Å². The van der Waals surface area contributed by atoms with E-state index in [9.17, 15) is 67.1 Å². The second kappa shape index (κ2) is 53.0. The van der Waals surface area contributed by atoms with Crippen LogP contribution in [0, 0.1) is 35.5 Å². The fraction of sp³-hybridized carbons (Fsp3) is 0.640. The predicted molar refractivity (Wildman–Crippen MR) is 444 cm³/mol. The van der Waals surface area contributed by atoms with Crippen LogP contribution >= 0.6 is 11.6 Å². The van der Waals surface area contributed by atoms with E-state index in [2.05, 4.69) is 37.2 Å². The number of ether oxygens (including phenoxy) is 5. The van der Waals surface area contributed by atoms with Crippen LogP contribution in [0.4, 0.5) is 15.3 Å². The molecule has 31 nitrogen and oxygen atoms in total. The lowest BCUT2D eigenvalue weighted by Crippen LogP contribution is -2.58. The van der Waals surface area contributed by atoms with Crippen LogP contribution in [0.1, 0.15) is 210 Å². The molecule has 2 aliphatic heterocycles. The number of esters is 2. The van der Waals surface area contributed by atoms with Gasteiger partial charge >= 0.3 is 24.1 Å². The molecule has 11 atom stereocenters. The number of hydrogen-bond acceptors (Lipinski definition) is 20. The highest BCUT2D eigenvalue weighted by molar-refractivity contribution is 6.30. The Kier molecular flexibility index (Phi) is 45.3. The van der Waals surface area contributed by atoms with Crippen LogP contribution < -0.4 is 43.0 Å². The fourth-order valence-corrected chi connectivity index (χ4v) is 13.6. The maximum atomic E-state index is 15.1. The third-order valence-corrected chi connectivity index (χ3v) is 21.3. The van der Waals surface area contributed by atoms with Crippen molar-refractivity contribution >= 4 is 106 Å². The van der Waals surface area contributed by atoms with Gasteiger partial charge in [0.15, 0.2) is 11.9 Å². The molecule has 0 radical (unpaired) electrons. The van der Waals surface area contributed by atoms with Crippen LogP contribution in [0.3, 0.4) is 0 Å². The van der Waals surface area contributed by atoms with E-state index in [1.54, 1.807) is 89.2 Å². The van der Waals surface area contributed by atoms with Gasteiger partial charge in [0.25, 0.3) is 5.91 Å². The lowest BCUT2D eigenvalue weighted by molar-refractivity contribution is -0.154. The number of Topliss-reactive ketones (excluding diaryl/α,β-unsaturated/α-hetero) is 2. The molecule has 0 bridgehead atoms. The summed E-state index contributed by atoms with van der Waals surface area (Å²) in [5.41, 5.74) is 7.85. The summed E-state index contributed by atoms with van der Waals surface area (Å²) in [7, 11) is 2.81. The van der Waals surface area contributed by atoms with Crippen molar-refractivity contribution in [3.05, 3.63) is 88.0 Å². The van der Waals surface area contributed by atoms with E-state index < -0.39 is 120 Å². The number of benzene rings is 2. The number of carbonyl (C=O) groups is 15. The summed E-state index contributed by atoms with van der Waals surface area (Å²) in [5.74, 6) is -8.73. The summed E-state index contributed by atoms with van der Waals surface area (Å²) in [6, 6.07) is 6.80. The van der Waals surface area contributed by atoms with Crippen molar-refractivity contribution in [3.8, 4) is 0 Å². The molecule has 1 fully saturated rings. The highest BCUT2D eigenvalue weighted by Crippen LogP contribution is 2.27. The summed E-state index contributed by atoms with van der Waals surface area (Å²) in [4.78, 5) is 206. The second-order valence-corrected chi connectivity index (χ2v) is 32.2. The number of rotatable bonds is 41. The summed E-state index contributed by atoms with van der Waals surface area (Å²) in [5, 5.41) is 19.5.